The Kier molecular flexibility index (Phi) is 13.2. The molecular formula is C15H29N7O5S. The molecule has 28 heavy (non-hydrogen) atoms. The fourth-order valence-corrected chi connectivity index (χ4v) is 2.46. The lowest BCUT2D eigenvalue weighted by atomic mass is 10.1. The number of aliphatic imine (C=N–C) groups is 1. The molecule has 0 aliphatic heterocycles. The molecule has 0 saturated carbocycles. The molecule has 0 radical (unpaired) electrons. The van der Waals surface area contributed by atoms with Gasteiger partial charge in [0.15, 0.2) is 5.96 Å². The van der Waals surface area contributed by atoms with Gasteiger partial charge in [-0.1, -0.05) is 0 Å². The van der Waals surface area contributed by atoms with E-state index in [0.717, 1.165) is 0 Å². The van der Waals surface area contributed by atoms with Gasteiger partial charge in [0.2, 0.25) is 17.7 Å². The average Bonchev–Trinajstić information content (AvgIpc) is 2.64. The van der Waals surface area contributed by atoms with Crippen LogP contribution in [0.5, 0.6) is 0 Å². The Balaban J connectivity index is 4.40. The molecule has 0 heterocycles. The van der Waals surface area contributed by atoms with Gasteiger partial charge in [-0.25, -0.2) is 0 Å². The van der Waals surface area contributed by atoms with Crippen LogP contribution in [0.1, 0.15) is 19.3 Å². The summed E-state index contributed by atoms with van der Waals surface area (Å²) in [7, 11) is 0. The van der Waals surface area contributed by atoms with E-state index in [1.165, 1.54) is 11.8 Å². The largest absolute Gasteiger partial charge is 0.480 e. The number of nitrogens with zero attached hydrogens (tertiary/aromatic N) is 1. The molecule has 0 aliphatic rings. The summed E-state index contributed by atoms with van der Waals surface area (Å²) in [6, 6.07) is -1.72. The van der Waals surface area contributed by atoms with Crippen LogP contribution in [0.3, 0.4) is 0 Å². The molecule has 160 valence electrons. The third-order valence-corrected chi connectivity index (χ3v) is 4.05. The minimum absolute atomic E-state index is 0.0434. The normalized spacial score (nSPS) is 12.4. The maximum Gasteiger partial charge on any atom is 0.322 e. The molecule has 0 saturated heterocycles. The standard InChI is InChI=1S/C15H29N7O5S/c1-28-6-4-10(14(27)21-8-12(24)25)22-11(23)7-20-13(26)9(16)3-2-5-19-15(17)18/h9-10H,2-8,16H2,1H3,(H,20,26)(H,21,27)(H,22,23)(H,24,25)(H4,17,18,19). The average molecular weight is 420 g/mol. The minimum Gasteiger partial charge on any atom is -0.480 e. The number of carbonyl (C=O) groups is 4. The second kappa shape index (κ2) is 14.5. The highest BCUT2D eigenvalue weighted by Crippen LogP contribution is 2.01. The first-order valence-electron chi connectivity index (χ1n) is 8.53. The van der Waals surface area contributed by atoms with Crippen molar-refractivity contribution in [2.24, 2.45) is 22.2 Å². The van der Waals surface area contributed by atoms with Gasteiger partial charge in [-0.2, -0.15) is 11.8 Å². The monoisotopic (exact) mass is 419 g/mol. The fraction of sp³-hybridized carbons (Fsp3) is 0.667. The van der Waals surface area contributed by atoms with Crippen molar-refractivity contribution in [2.45, 2.75) is 31.3 Å². The van der Waals surface area contributed by atoms with Crippen molar-refractivity contribution in [3.8, 4) is 0 Å². The summed E-state index contributed by atoms with van der Waals surface area (Å²) in [4.78, 5) is 50.2. The van der Waals surface area contributed by atoms with Crippen LogP contribution < -0.4 is 33.2 Å². The number of nitrogens with one attached hydrogen (secondary N) is 3. The molecule has 0 spiro atoms. The maximum atomic E-state index is 12.0. The first kappa shape index (κ1) is 25.5. The SMILES string of the molecule is CSCCC(NC(=O)CNC(=O)C(N)CCCN=C(N)N)C(=O)NCC(=O)O. The second-order valence-corrected chi connectivity index (χ2v) is 6.77. The Morgan fingerprint density at radius 2 is 1.71 bits per heavy atom. The predicted octanol–water partition coefficient (Wildman–Crippen LogP) is -3.08. The van der Waals surface area contributed by atoms with Crippen molar-refractivity contribution in [3.63, 3.8) is 0 Å². The van der Waals surface area contributed by atoms with Gasteiger partial charge in [0, 0.05) is 6.54 Å². The van der Waals surface area contributed by atoms with Crippen molar-refractivity contribution < 1.29 is 24.3 Å². The fourth-order valence-electron chi connectivity index (χ4n) is 1.98. The first-order chi connectivity index (χ1) is 13.2. The number of rotatable bonds is 14. The number of thioether (sulfide) groups is 1. The second-order valence-electron chi connectivity index (χ2n) is 5.79. The molecule has 3 amide bonds. The third kappa shape index (κ3) is 12.8. The van der Waals surface area contributed by atoms with Crippen molar-refractivity contribution in [1.82, 2.24) is 16.0 Å². The summed E-state index contributed by atoms with van der Waals surface area (Å²) in [5.74, 6) is -2.36. The van der Waals surface area contributed by atoms with Crippen LogP contribution in [0.2, 0.25) is 0 Å². The number of carbonyl (C=O) groups excluding carboxylic acids is 3. The number of nitrogens with two attached hydrogens (primary N) is 3. The summed E-state index contributed by atoms with van der Waals surface area (Å²) in [6.07, 6.45) is 2.98. The van der Waals surface area contributed by atoms with E-state index in [4.69, 9.17) is 22.3 Å². The van der Waals surface area contributed by atoms with Crippen molar-refractivity contribution in [2.75, 3.05) is 31.6 Å². The van der Waals surface area contributed by atoms with E-state index in [1.807, 2.05) is 6.26 Å². The zero-order valence-electron chi connectivity index (χ0n) is 15.8. The molecule has 0 aromatic carbocycles. The molecule has 13 heteroatoms. The molecule has 0 fully saturated rings. The predicted molar refractivity (Wildman–Crippen MR) is 106 cm³/mol. The Hall–Kier alpha value is -2.54. The van der Waals surface area contributed by atoms with Gasteiger partial charge < -0.3 is 38.3 Å². The topological polar surface area (TPSA) is 215 Å². The van der Waals surface area contributed by atoms with E-state index in [2.05, 4.69) is 20.9 Å². The zero-order valence-corrected chi connectivity index (χ0v) is 16.6. The van der Waals surface area contributed by atoms with Gasteiger partial charge >= 0.3 is 5.97 Å². The van der Waals surface area contributed by atoms with E-state index >= 15 is 0 Å². The van der Waals surface area contributed by atoms with Crippen molar-refractivity contribution >= 4 is 41.4 Å². The zero-order chi connectivity index (χ0) is 21.5. The highest BCUT2D eigenvalue weighted by Gasteiger charge is 2.21. The number of hydrogen-bond acceptors (Lipinski definition) is 7. The van der Waals surface area contributed by atoms with E-state index in [0.29, 0.717) is 31.6 Å². The van der Waals surface area contributed by atoms with Crippen LogP contribution in [0, 0.1) is 0 Å². The summed E-state index contributed by atoms with van der Waals surface area (Å²) in [5.41, 5.74) is 16.1. The van der Waals surface area contributed by atoms with E-state index in [1.54, 1.807) is 0 Å². The Bertz CT molecular complexity index is 569. The van der Waals surface area contributed by atoms with Gasteiger partial charge in [-0.3, -0.25) is 24.2 Å². The number of aliphatic carboxylic acids is 1. The van der Waals surface area contributed by atoms with Gasteiger partial charge in [-0.15, -0.1) is 0 Å². The number of amides is 3. The molecule has 12 nitrogen and oxygen atoms in total. The van der Waals surface area contributed by atoms with Crippen molar-refractivity contribution in [1.29, 1.82) is 0 Å². The molecule has 0 aromatic heterocycles. The highest BCUT2D eigenvalue weighted by molar-refractivity contribution is 7.98. The molecule has 0 aliphatic carbocycles. The highest BCUT2D eigenvalue weighted by atomic mass is 32.2. The van der Waals surface area contributed by atoms with Crippen LogP contribution in [0.4, 0.5) is 0 Å². The van der Waals surface area contributed by atoms with E-state index < -0.39 is 42.3 Å². The smallest absolute Gasteiger partial charge is 0.322 e. The Morgan fingerprint density at radius 3 is 2.29 bits per heavy atom. The molecule has 10 N–H and O–H groups in total. The molecule has 0 rings (SSSR count). The van der Waals surface area contributed by atoms with Crippen LogP contribution in [0.15, 0.2) is 4.99 Å². The lowest BCUT2D eigenvalue weighted by molar-refractivity contribution is -0.138. The van der Waals surface area contributed by atoms with Gasteiger partial charge in [0.1, 0.15) is 12.6 Å². The quantitative estimate of drug-likeness (QED) is 0.0861. The summed E-state index contributed by atoms with van der Waals surface area (Å²) < 4.78 is 0. The maximum absolute atomic E-state index is 12.0. The summed E-state index contributed by atoms with van der Waals surface area (Å²) in [5, 5.41) is 15.7. The van der Waals surface area contributed by atoms with Crippen LogP contribution in [-0.4, -0.2) is 78.5 Å². The number of guanidine groups is 1. The Labute approximate surface area is 167 Å². The van der Waals surface area contributed by atoms with Gasteiger partial charge in [0.05, 0.1) is 12.6 Å². The van der Waals surface area contributed by atoms with Crippen LogP contribution in [0.25, 0.3) is 0 Å². The van der Waals surface area contributed by atoms with Gasteiger partial charge in [0.25, 0.3) is 0 Å². The molecular weight excluding hydrogens is 390 g/mol. The number of carboxylic acids is 1. The molecule has 0 aromatic rings. The minimum atomic E-state index is -1.19. The van der Waals surface area contributed by atoms with Crippen molar-refractivity contribution in [3.05, 3.63) is 0 Å². The lowest BCUT2D eigenvalue weighted by Crippen LogP contribution is -2.51. The summed E-state index contributed by atoms with van der Waals surface area (Å²) >= 11 is 1.47. The van der Waals surface area contributed by atoms with Crippen LogP contribution >= 0.6 is 11.8 Å². The molecule has 0 bridgehead atoms. The number of hydrogen-bond donors (Lipinski definition) is 7. The third-order valence-electron chi connectivity index (χ3n) is 3.40. The molecule has 2 atom stereocenters. The van der Waals surface area contributed by atoms with E-state index in [-0.39, 0.29) is 12.5 Å². The summed E-state index contributed by atoms with van der Waals surface area (Å²) in [6.45, 7) is -0.565. The Morgan fingerprint density at radius 1 is 1.07 bits per heavy atom. The van der Waals surface area contributed by atoms with Gasteiger partial charge in [-0.05, 0) is 31.3 Å². The molecule has 2 unspecified atom stereocenters. The first-order valence-corrected chi connectivity index (χ1v) is 9.93. The number of carboxylic acid groups (broad SMARTS) is 1. The lowest BCUT2D eigenvalue weighted by Gasteiger charge is -2.18. The van der Waals surface area contributed by atoms with Crippen LogP contribution in [-0.2, 0) is 19.2 Å². The van der Waals surface area contributed by atoms with E-state index in [9.17, 15) is 19.2 Å².